The zero-order valence-corrected chi connectivity index (χ0v) is 19.1. The van der Waals surface area contributed by atoms with Crippen LogP contribution in [-0.4, -0.2) is 59.4 Å². The first-order valence-corrected chi connectivity index (χ1v) is 9.03. The van der Waals surface area contributed by atoms with Gasteiger partial charge in [0.25, 0.3) is 0 Å². The highest BCUT2D eigenvalue weighted by atomic mass is 127. The second kappa shape index (κ2) is 9.75. The summed E-state index contributed by atoms with van der Waals surface area (Å²) in [5, 5.41) is 11.5. The molecule has 6 nitrogen and oxygen atoms in total. The van der Waals surface area contributed by atoms with E-state index < -0.39 is 0 Å². The van der Waals surface area contributed by atoms with Crippen LogP contribution in [0.15, 0.2) is 4.99 Å². The Kier molecular flexibility index (Phi) is 8.67. The molecule has 2 rings (SSSR count). The second-order valence-electron chi connectivity index (χ2n) is 7.30. The van der Waals surface area contributed by atoms with Gasteiger partial charge in [0.1, 0.15) is 0 Å². The van der Waals surface area contributed by atoms with Crippen LogP contribution in [0.4, 0.5) is 0 Å². The van der Waals surface area contributed by atoms with Crippen LogP contribution >= 0.6 is 24.0 Å². The lowest BCUT2D eigenvalue weighted by Gasteiger charge is -2.22. The van der Waals surface area contributed by atoms with E-state index in [1.165, 1.54) is 11.3 Å². The van der Waals surface area contributed by atoms with Crippen LogP contribution in [0.2, 0.25) is 0 Å². The summed E-state index contributed by atoms with van der Waals surface area (Å²) in [6.45, 7) is 14.2. The van der Waals surface area contributed by atoms with Gasteiger partial charge in [-0.3, -0.25) is 14.6 Å². The molecular formula is C18H35IN6. The van der Waals surface area contributed by atoms with E-state index in [9.17, 15) is 0 Å². The minimum Gasteiger partial charge on any atom is -0.356 e. The molecule has 7 heteroatoms. The van der Waals surface area contributed by atoms with Gasteiger partial charge in [-0.25, -0.2) is 0 Å². The third kappa shape index (κ3) is 5.57. The maximum atomic E-state index is 4.48. The lowest BCUT2D eigenvalue weighted by atomic mass is 10.1. The third-order valence-corrected chi connectivity index (χ3v) is 5.24. The van der Waals surface area contributed by atoms with E-state index >= 15 is 0 Å². The van der Waals surface area contributed by atoms with Crippen LogP contribution in [0, 0.1) is 19.8 Å². The molecule has 1 saturated heterocycles. The van der Waals surface area contributed by atoms with Crippen molar-refractivity contribution in [2.75, 3.05) is 26.7 Å². The molecule has 2 atom stereocenters. The van der Waals surface area contributed by atoms with Crippen LogP contribution in [0.25, 0.3) is 0 Å². The number of nitrogens with zero attached hydrogens (tertiary/aromatic N) is 4. The van der Waals surface area contributed by atoms with E-state index in [0.717, 1.165) is 37.7 Å². The molecule has 1 aliphatic rings. The summed E-state index contributed by atoms with van der Waals surface area (Å²) in [5.41, 5.74) is 3.70. The molecule has 0 spiro atoms. The van der Waals surface area contributed by atoms with Crippen molar-refractivity contribution in [2.24, 2.45) is 18.0 Å². The summed E-state index contributed by atoms with van der Waals surface area (Å²) in [6.07, 6.45) is 0.963. The number of guanidine groups is 1. The quantitative estimate of drug-likeness (QED) is 0.400. The smallest absolute Gasteiger partial charge is 0.191 e. The van der Waals surface area contributed by atoms with Gasteiger partial charge in [0.2, 0.25) is 0 Å². The number of hydrogen-bond acceptors (Lipinski definition) is 3. The number of aromatic nitrogens is 2. The number of nitrogens with one attached hydrogen (secondary N) is 2. The Morgan fingerprint density at radius 1 is 1.32 bits per heavy atom. The number of rotatable bonds is 5. The molecule has 0 saturated carbocycles. The van der Waals surface area contributed by atoms with Gasteiger partial charge in [0, 0.05) is 51.5 Å². The first-order valence-electron chi connectivity index (χ1n) is 9.03. The average molecular weight is 462 g/mol. The van der Waals surface area contributed by atoms with Crippen molar-refractivity contribution in [3.8, 4) is 0 Å². The SMILES string of the molecule is CN=C(NCCc1c(C)nn(C)c1C)NC1CN(C(C)C)CC1C.I. The normalized spacial score (nSPS) is 21.5. The van der Waals surface area contributed by atoms with E-state index in [1.54, 1.807) is 0 Å². The highest BCUT2D eigenvalue weighted by molar-refractivity contribution is 14.0. The summed E-state index contributed by atoms with van der Waals surface area (Å²) in [6, 6.07) is 1.06. The van der Waals surface area contributed by atoms with E-state index in [-0.39, 0.29) is 24.0 Å². The van der Waals surface area contributed by atoms with Gasteiger partial charge in [-0.2, -0.15) is 5.10 Å². The van der Waals surface area contributed by atoms with Gasteiger partial charge in [0.15, 0.2) is 5.96 Å². The molecule has 2 N–H and O–H groups in total. The van der Waals surface area contributed by atoms with E-state index in [2.05, 4.69) is 60.2 Å². The molecule has 0 aromatic carbocycles. The van der Waals surface area contributed by atoms with Crippen LogP contribution in [0.3, 0.4) is 0 Å². The predicted octanol–water partition coefficient (Wildman–Crippen LogP) is 2.09. The average Bonchev–Trinajstić information content (AvgIpc) is 3.00. The topological polar surface area (TPSA) is 57.5 Å². The van der Waals surface area contributed by atoms with E-state index in [4.69, 9.17) is 0 Å². The number of aryl methyl sites for hydroxylation is 2. The largest absolute Gasteiger partial charge is 0.356 e. The van der Waals surface area contributed by atoms with Crippen molar-refractivity contribution in [3.05, 3.63) is 17.0 Å². The summed E-state index contributed by atoms with van der Waals surface area (Å²) < 4.78 is 1.96. The molecule has 144 valence electrons. The lowest BCUT2D eigenvalue weighted by Crippen LogP contribution is -2.47. The maximum Gasteiger partial charge on any atom is 0.191 e. The summed E-state index contributed by atoms with van der Waals surface area (Å²) in [5.74, 6) is 1.53. The Hall–Kier alpha value is -0.830. The summed E-state index contributed by atoms with van der Waals surface area (Å²) in [7, 11) is 3.84. The molecule has 1 aliphatic heterocycles. The Labute approximate surface area is 169 Å². The van der Waals surface area contributed by atoms with Crippen LogP contribution in [0.1, 0.15) is 37.7 Å². The number of likely N-dealkylation sites (tertiary alicyclic amines) is 1. The maximum absolute atomic E-state index is 4.48. The molecule has 2 heterocycles. The van der Waals surface area contributed by atoms with Crippen LogP contribution < -0.4 is 10.6 Å². The fourth-order valence-corrected chi connectivity index (χ4v) is 3.47. The van der Waals surface area contributed by atoms with Crippen molar-refractivity contribution in [1.82, 2.24) is 25.3 Å². The fraction of sp³-hybridized carbons (Fsp3) is 0.778. The molecule has 0 amide bonds. The molecule has 0 radical (unpaired) electrons. The highest BCUT2D eigenvalue weighted by Crippen LogP contribution is 2.18. The molecule has 25 heavy (non-hydrogen) atoms. The van der Waals surface area contributed by atoms with Crippen molar-refractivity contribution in [3.63, 3.8) is 0 Å². The van der Waals surface area contributed by atoms with Gasteiger partial charge in [-0.05, 0) is 45.6 Å². The third-order valence-electron chi connectivity index (χ3n) is 5.24. The van der Waals surface area contributed by atoms with Gasteiger partial charge < -0.3 is 10.6 Å². The van der Waals surface area contributed by atoms with Gasteiger partial charge >= 0.3 is 0 Å². The number of halogens is 1. The molecule has 1 fully saturated rings. The minimum atomic E-state index is 0. The van der Waals surface area contributed by atoms with Crippen molar-refractivity contribution in [1.29, 1.82) is 0 Å². The van der Waals surface area contributed by atoms with Crippen LogP contribution in [-0.2, 0) is 13.5 Å². The van der Waals surface area contributed by atoms with Crippen molar-refractivity contribution in [2.45, 2.75) is 53.1 Å². The zero-order valence-electron chi connectivity index (χ0n) is 16.8. The first-order chi connectivity index (χ1) is 11.3. The second-order valence-corrected chi connectivity index (χ2v) is 7.30. The Bertz CT molecular complexity index is 580. The molecule has 2 unspecified atom stereocenters. The number of aliphatic imine (C=N–C) groups is 1. The highest BCUT2D eigenvalue weighted by Gasteiger charge is 2.31. The minimum absolute atomic E-state index is 0. The molecular weight excluding hydrogens is 427 g/mol. The van der Waals surface area contributed by atoms with Crippen molar-refractivity contribution < 1.29 is 0 Å². The molecule has 1 aromatic heterocycles. The van der Waals surface area contributed by atoms with Crippen molar-refractivity contribution >= 4 is 29.9 Å². The molecule has 0 bridgehead atoms. The van der Waals surface area contributed by atoms with Gasteiger partial charge in [-0.1, -0.05) is 6.92 Å². The Balaban J connectivity index is 0.00000312. The fourth-order valence-electron chi connectivity index (χ4n) is 3.47. The Morgan fingerprint density at radius 2 is 2.00 bits per heavy atom. The molecule has 0 aliphatic carbocycles. The summed E-state index contributed by atoms with van der Waals surface area (Å²) >= 11 is 0. The molecule has 1 aromatic rings. The number of hydrogen-bond donors (Lipinski definition) is 2. The van der Waals surface area contributed by atoms with Crippen LogP contribution in [0.5, 0.6) is 0 Å². The van der Waals surface area contributed by atoms with E-state index in [1.807, 2.05) is 18.8 Å². The Morgan fingerprint density at radius 3 is 2.48 bits per heavy atom. The predicted molar refractivity (Wildman–Crippen MR) is 116 cm³/mol. The lowest BCUT2D eigenvalue weighted by molar-refractivity contribution is 0.265. The monoisotopic (exact) mass is 462 g/mol. The zero-order chi connectivity index (χ0) is 17.9. The van der Waals surface area contributed by atoms with Gasteiger partial charge in [-0.15, -0.1) is 24.0 Å². The standard InChI is InChI=1S/C18H34N6.HI/c1-12(2)24-10-13(3)17(11-24)21-18(19-6)20-9-8-16-14(4)22-23(7)15(16)5;/h12-13,17H,8-11H2,1-7H3,(H2,19,20,21);1H. The summed E-state index contributed by atoms with van der Waals surface area (Å²) in [4.78, 5) is 6.92. The first kappa shape index (κ1) is 22.2. The van der Waals surface area contributed by atoms with Gasteiger partial charge in [0.05, 0.1) is 5.69 Å². The van der Waals surface area contributed by atoms with E-state index in [0.29, 0.717) is 18.0 Å².